The largest absolute Gasteiger partial charge is 0.336 e. The number of hydrogen-bond donors (Lipinski definition) is 0. The Balaban J connectivity index is 1.70. The van der Waals surface area contributed by atoms with Crippen LogP contribution in [0.25, 0.3) is 5.57 Å². The number of imide groups is 1. The van der Waals surface area contributed by atoms with Crippen molar-refractivity contribution in [3.8, 4) is 0 Å². The Bertz CT molecular complexity index is 1280. The van der Waals surface area contributed by atoms with E-state index in [1.54, 1.807) is 12.1 Å². The van der Waals surface area contributed by atoms with Crippen molar-refractivity contribution >= 4 is 28.8 Å². The zero-order valence-corrected chi connectivity index (χ0v) is 17.4. The minimum Gasteiger partial charge on any atom is -0.336 e. The Labute approximate surface area is 184 Å². The number of halogens is 2. The number of carbonyl (C=O) groups is 2. The quantitative estimate of drug-likeness (QED) is 0.549. The van der Waals surface area contributed by atoms with Crippen LogP contribution in [0.3, 0.4) is 0 Å². The van der Waals surface area contributed by atoms with Crippen molar-refractivity contribution in [1.29, 1.82) is 0 Å². The molecule has 3 aromatic rings. The van der Waals surface area contributed by atoms with Crippen LogP contribution in [0.15, 0.2) is 72.4 Å². The molecule has 2 heterocycles. The molecule has 2 aliphatic heterocycles. The summed E-state index contributed by atoms with van der Waals surface area (Å²) in [4.78, 5) is 30.0. The highest BCUT2D eigenvalue weighted by Crippen LogP contribution is 2.39. The topological polar surface area (TPSA) is 40.6 Å². The molecule has 3 aromatic carbocycles. The molecule has 0 fully saturated rings. The maximum absolute atomic E-state index is 14.0. The molecule has 0 unspecified atom stereocenters. The Kier molecular flexibility index (Phi) is 4.85. The van der Waals surface area contributed by atoms with Crippen LogP contribution in [-0.4, -0.2) is 18.4 Å². The molecule has 0 N–H and O–H groups in total. The van der Waals surface area contributed by atoms with E-state index in [-0.39, 0.29) is 17.0 Å². The fourth-order valence-electron chi connectivity index (χ4n) is 4.37. The Morgan fingerprint density at radius 3 is 2.34 bits per heavy atom. The lowest BCUT2D eigenvalue weighted by Crippen LogP contribution is -2.37. The summed E-state index contributed by atoms with van der Waals surface area (Å²) in [5, 5.41) is 0. The summed E-state index contributed by atoms with van der Waals surface area (Å²) in [5.74, 6) is -3.25. The lowest BCUT2D eigenvalue weighted by atomic mass is 9.98. The van der Waals surface area contributed by atoms with E-state index < -0.39 is 23.4 Å². The van der Waals surface area contributed by atoms with Crippen molar-refractivity contribution in [1.82, 2.24) is 0 Å². The summed E-state index contributed by atoms with van der Waals surface area (Å²) in [6.07, 6.45) is 1.71. The maximum atomic E-state index is 14.0. The fourth-order valence-corrected chi connectivity index (χ4v) is 4.37. The van der Waals surface area contributed by atoms with Crippen LogP contribution in [0.1, 0.15) is 23.1 Å². The van der Waals surface area contributed by atoms with Crippen LogP contribution in [-0.2, 0) is 16.0 Å². The summed E-state index contributed by atoms with van der Waals surface area (Å²) in [6, 6.07) is 18.2. The average molecular weight is 430 g/mol. The highest BCUT2D eigenvalue weighted by Gasteiger charge is 2.43. The SMILES string of the molecule is Cc1ccc(C2=C(N3CCCc4ccccc43)C(=O)N(c3ccc(F)c(F)c3)C2=O)cc1. The number of benzene rings is 3. The lowest BCUT2D eigenvalue weighted by Gasteiger charge is -2.32. The van der Waals surface area contributed by atoms with Gasteiger partial charge in [0.1, 0.15) is 5.70 Å². The van der Waals surface area contributed by atoms with Crippen LogP contribution in [0.4, 0.5) is 20.2 Å². The Morgan fingerprint density at radius 1 is 0.844 bits per heavy atom. The summed E-state index contributed by atoms with van der Waals surface area (Å²) < 4.78 is 27.5. The molecule has 0 atom stereocenters. The molecule has 0 radical (unpaired) electrons. The number of amides is 2. The van der Waals surface area contributed by atoms with Gasteiger partial charge in [0.2, 0.25) is 0 Å². The number of anilines is 2. The molecule has 0 saturated carbocycles. The van der Waals surface area contributed by atoms with E-state index in [1.807, 2.05) is 48.2 Å². The van der Waals surface area contributed by atoms with Gasteiger partial charge >= 0.3 is 0 Å². The number of hydrogen-bond acceptors (Lipinski definition) is 3. The van der Waals surface area contributed by atoms with Crippen LogP contribution in [0, 0.1) is 18.6 Å². The maximum Gasteiger partial charge on any atom is 0.282 e. The smallest absolute Gasteiger partial charge is 0.282 e. The van der Waals surface area contributed by atoms with Crippen molar-refractivity contribution in [2.45, 2.75) is 19.8 Å². The van der Waals surface area contributed by atoms with Gasteiger partial charge in [-0.1, -0.05) is 48.0 Å². The molecule has 0 aliphatic carbocycles. The third-order valence-corrected chi connectivity index (χ3v) is 5.94. The van der Waals surface area contributed by atoms with Gasteiger partial charge in [-0.05, 0) is 49.1 Å². The second-order valence-corrected chi connectivity index (χ2v) is 8.02. The van der Waals surface area contributed by atoms with Gasteiger partial charge in [-0.3, -0.25) is 9.59 Å². The molecule has 0 aromatic heterocycles. The Hall–Kier alpha value is -3.80. The standard InChI is InChI=1S/C26H20F2N2O2/c1-16-8-10-18(11-9-16)23-24(29-14-4-6-17-5-2-3-7-22(17)29)26(32)30(25(23)31)19-12-13-20(27)21(28)15-19/h2-3,5,7-13,15H,4,6,14H2,1H3. The predicted octanol–water partition coefficient (Wildman–Crippen LogP) is 5.01. The monoisotopic (exact) mass is 430 g/mol. The summed E-state index contributed by atoms with van der Waals surface area (Å²) in [6.45, 7) is 2.52. The first-order valence-corrected chi connectivity index (χ1v) is 10.5. The molecule has 5 rings (SSSR count). The number of rotatable bonds is 3. The molecule has 0 spiro atoms. The number of para-hydroxylation sites is 1. The molecule has 6 heteroatoms. The third-order valence-electron chi connectivity index (χ3n) is 5.94. The fraction of sp³-hybridized carbons (Fsp3) is 0.154. The third kappa shape index (κ3) is 3.19. The molecular formula is C26H20F2N2O2. The van der Waals surface area contributed by atoms with Gasteiger partial charge in [0, 0.05) is 18.3 Å². The van der Waals surface area contributed by atoms with E-state index in [0.717, 1.165) is 46.7 Å². The van der Waals surface area contributed by atoms with Crippen molar-refractivity contribution in [3.63, 3.8) is 0 Å². The summed E-state index contributed by atoms with van der Waals surface area (Å²) in [7, 11) is 0. The van der Waals surface area contributed by atoms with E-state index in [0.29, 0.717) is 12.1 Å². The van der Waals surface area contributed by atoms with Crippen molar-refractivity contribution in [3.05, 3.63) is 101 Å². The zero-order valence-electron chi connectivity index (χ0n) is 17.4. The van der Waals surface area contributed by atoms with Gasteiger partial charge < -0.3 is 4.90 Å². The average Bonchev–Trinajstić information content (AvgIpc) is 3.06. The van der Waals surface area contributed by atoms with E-state index in [4.69, 9.17) is 0 Å². The first kappa shape index (κ1) is 20.1. The van der Waals surface area contributed by atoms with Gasteiger partial charge in [-0.25, -0.2) is 13.7 Å². The van der Waals surface area contributed by atoms with E-state index in [1.165, 1.54) is 6.07 Å². The number of aryl methyl sites for hydroxylation is 2. The minimum absolute atomic E-state index is 0.00352. The zero-order chi connectivity index (χ0) is 22.4. The van der Waals surface area contributed by atoms with Crippen LogP contribution < -0.4 is 9.80 Å². The molecule has 0 saturated heterocycles. The van der Waals surface area contributed by atoms with Gasteiger partial charge in [-0.15, -0.1) is 0 Å². The number of nitrogens with zero attached hydrogens (tertiary/aromatic N) is 2. The Morgan fingerprint density at radius 2 is 1.59 bits per heavy atom. The molecule has 0 bridgehead atoms. The first-order valence-electron chi connectivity index (χ1n) is 10.5. The van der Waals surface area contributed by atoms with Crippen molar-refractivity contribution in [2.75, 3.05) is 16.3 Å². The van der Waals surface area contributed by atoms with Gasteiger partial charge in [0.05, 0.1) is 11.3 Å². The molecule has 4 nitrogen and oxygen atoms in total. The highest BCUT2D eigenvalue weighted by molar-refractivity contribution is 6.46. The van der Waals surface area contributed by atoms with Gasteiger partial charge in [0.25, 0.3) is 11.8 Å². The second-order valence-electron chi connectivity index (χ2n) is 8.02. The van der Waals surface area contributed by atoms with E-state index in [9.17, 15) is 18.4 Å². The van der Waals surface area contributed by atoms with E-state index >= 15 is 0 Å². The lowest BCUT2D eigenvalue weighted by molar-refractivity contribution is -0.120. The second kappa shape index (κ2) is 7.71. The molecule has 2 amide bonds. The van der Waals surface area contributed by atoms with Crippen LogP contribution in [0.5, 0.6) is 0 Å². The summed E-state index contributed by atoms with van der Waals surface area (Å²) >= 11 is 0. The van der Waals surface area contributed by atoms with Gasteiger partial charge in [-0.2, -0.15) is 0 Å². The van der Waals surface area contributed by atoms with Crippen molar-refractivity contribution in [2.24, 2.45) is 0 Å². The molecule has 32 heavy (non-hydrogen) atoms. The van der Waals surface area contributed by atoms with Crippen molar-refractivity contribution < 1.29 is 18.4 Å². The molecule has 160 valence electrons. The first-order chi connectivity index (χ1) is 15.5. The number of fused-ring (bicyclic) bond motifs is 1. The molecular weight excluding hydrogens is 410 g/mol. The van der Waals surface area contributed by atoms with Crippen LogP contribution >= 0.6 is 0 Å². The molecule has 2 aliphatic rings. The summed E-state index contributed by atoms with van der Waals surface area (Å²) in [5.41, 5.74) is 4.13. The highest BCUT2D eigenvalue weighted by atomic mass is 19.2. The normalized spacial score (nSPS) is 16.1. The van der Waals surface area contributed by atoms with Gasteiger partial charge in [0.15, 0.2) is 11.6 Å². The number of carbonyl (C=O) groups excluding carboxylic acids is 2. The van der Waals surface area contributed by atoms with E-state index in [2.05, 4.69) is 0 Å². The van der Waals surface area contributed by atoms with Crippen LogP contribution in [0.2, 0.25) is 0 Å². The predicted molar refractivity (Wildman–Crippen MR) is 119 cm³/mol. The minimum atomic E-state index is -1.11.